The molecule has 1 amide bonds. The van der Waals surface area contributed by atoms with Gasteiger partial charge in [0.1, 0.15) is 0 Å². The zero-order valence-electron chi connectivity index (χ0n) is 14.9. The highest BCUT2D eigenvalue weighted by Gasteiger charge is 2.31. The molecular weight excluding hydrogens is 340 g/mol. The Balaban J connectivity index is 1.79. The minimum atomic E-state index is -2.55. The van der Waals surface area contributed by atoms with Crippen molar-refractivity contribution in [3.05, 3.63) is 34.8 Å². The van der Waals surface area contributed by atoms with Crippen molar-refractivity contribution < 1.29 is 13.6 Å². The second kappa shape index (κ2) is 6.34. The Morgan fingerprint density at radius 2 is 2.08 bits per heavy atom. The summed E-state index contributed by atoms with van der Waals surface area (Å²) in [4.78, 5) is 19.9. The number of anilines is 2. The molecule has 0 aliphatic carbocycles. The van der Waals surface area contributed by atoms with Crippen LogP contribution in [-0.4, -0.2) is 38.7 Å². The summed E-state index contributed by atoms with van der Waals surface area (Å²) in [5.41, 5.74) is 3.55. The van der Waals surface area contributed by atoms with Crippen molar-refractivity contribution in [2.75, 3.05) is 18.0 Å². The second-order valence-corrected chi connectivity index (χ2v) is 6.85. The Bertz CT molecular complexity index is 864. The molecule has 2 aliphatic heterocycles. The molecule has 0 radical (unpaired) electrons. The number of rotatable bonds is 2. The molecular formula is C18H21F2N5O. The average Bonchev–Trinajstić information content (AvgIpc) is 2.96. The van der Waals surface area contributed by atoms with Gasteiger partial charge < -0.3 is 9.80 Å². The van der Waals surface area contributed by atoms with E-state index >= 15 is 0 Å². The van der Waals surface area contributed by atoms with Gasteiger partial charge in [0.2, 0.25) is 5.91 Å². The van der Waals surface area contributed by atoms with E-state index in [-0.39, 0.29) is 11.5 Å². The summed E-state index contributed by atoms with van der Waals surface area (Å²) in [6.07, 6.45) is 1.11. The Kier molecular flexibility index (Phi) is 4.13. The first-order chi connectivity index (χ1) is 12.5. The molecule has 0 saturated carbocycles. The van der Waals surface area contributed by atoms with Crippen molar-refractivity contribution in [1.82, 2.24) is 19.7 Å². The number of amides is 1. The van der Waals surface area contributed by atoms with E-state index in [1.165, 1.54) is 12.3 Å². The maximum Gasteiger partial charge on any atom is 0.265 e. The van der Waals surface area contributed by atoms with Crippen LogP contribution in [0.4, 0.5) is 20.3 Å². The lowest BCUT2D eigenvalue weighted by atomic mass is 10.0. The lowest BCUT2D eigenvalue weighted by Crippen LogP contribution is -2.35. The molecule has 138 valence electrons. The summed E-state index contributed by atoms with van der Waals surface area (Å²) < 4.78 is 28.2. The summed E-state index contributed by atoms with van der Waals surface area (Å²) in [7, 11) is 1.89. The maximum atomic E-state index is 13.2. The summed E-state index contributed by atoms with van der Waals surface area (Å²) in [6.45, 7) is 3.44. The average molecular weight is 361 g/mol. The van der Waals surface area contributed by atoms with E-state index in [1.807, 2.05) is 16.6 Å². The number of halogens is 2. The fourth-order valence-electron chi connectivity index (χ4n) is 3.85. The monoisotopic (exact) mass is 361 g/mol. The van der Waals surface area contributed by atoms with Crippen LogP contribution in [0, 0.1) is 0 Å². The van der Waals surface area contributed by atoms with Gasteiger partial charge in [0.05, 0.1) is 17.9 Å². The number of aryl methyl sites for hydroxylation is 2. The predicted molar refractivity (Wildman–Crippen MR) is 92.5 cm³/mol. The van der Waals surface area contributed by atoms with Gasteiger partial charge in [-0.05, 0) is 18.9 Å². The number of fused-ring (bicyclic) bond motifs is 2. The second-order valence-electron chi connectivity index (χ2n) is 6.85. The van der Waals surface area contributed by atoms with E-state index in [9.17, 15) is 13.6 Å². The largest absolute Gasteiger partial charge is 0.338 e. The Morgan fingerprint density at radius 1 is 1.27 bits per heavy atom. The van der Waals surface area contributed by atoms with E-state index < -0.39 is 6.43 Å². The van der Waals surface area contributed by atoms with E-state index in [4.69, 9.17) is 0 Å². The van der Waals surface area contributed by atoms with Crippen molar-refractivity contribution in [3.8, 4) is 0 Å². The number of nitrogens with zero attached hydrogens (tertiary/aromatic N) is 5. The van der Waals surface area contributed by atoms with Crippen molar-refractivity contribution in [2.45, 2.75) is 39.2 Å². The highest BCUT2D eigenvalue weighted by Crippen LogP contribution is 2.38. The number of alkyl halides is 2. The van der Waals surface area contributed by atoms with E-state index in [2.05, 4.69) is 10.1 Å². The van der Waals surface area contributed by atoms with Crippen LogP contribution in [0.2, 0.25) is 0 Å². The zero-order chi connectivity index (χ0) is 18.4. The minimum Gasteiger partial charge on any atom is -0.338 e. The molecule has 2 aliphatic rings. The molecule has 0 N–H and O–H groups in total. The number of hydrogen-bond donors (Lipinski definition) is 0. The first-order valence-corrected chi connectivity index (χ1v) is 8.80. The molecule has 0 atom stereocenters. The lowest BCUT2D eigenvalue weighted by Gasteiger charge is -2.32. The molecule has 2 aromatic heterocycles. The molecule has 4 heterocycles. The van der Waals surface area contributed by atoms with Crippen LogP contribution in [-0.2, 0) is 31.2 Å². The summed E-state index contributed by atoms with van der Waals surface area (Å²) in [6, 6.07) is 1.53. The van der Waals surface area contributed by atoms with Crippen molar-refractivity contribution in [1.29, 1.82) is 0 Å². The maximum absolute atomic E-state index is 13.2. The molecule has 0 spiro atoms. The molecule has 0 fully saturated rings. The van der Waals surface area contributed by atoms with Crippen molar-refractivity contribution >= 4 is 17.4 Å². The van der Waals surface area contributed by atoms with Crippen molar-refractivity contribution in [3.63, 3.8) is 0 Å². The van der Waals surface area contributed by atoms with Crippen LogP contribution in [0.1, 0.15) is 42.3 Å². The quantitative estimate of drug-likeness (QED) is 0.825. The standard InChI is InChI=1S/C18H21F2N5O/c1-11(26)24-7-5-15-13(10-24)18(22-23(15)2)25-6-3-4-14-16(25)8-12(9-21-14)17(19)20/h8-9,17H,3-7,10H2,1-2H3. The first kappa shape index (κ1) is 16.9. The Labute approximate surface area is 150 Å². The van der Waals surface area contributed by atoms with Gasteiger partial charge in [0.25, 0.3) is 6.43 Å². The molecule has 4 rings (SSSR count). The fourth-order valence-corrected chi connectivity index (χ4v) is 3.85. The molecule has 0 bridgehead atoms. The van der Waals surface area contributed by atoms with Gasteiger partial charge in [0, 0.05) is 56.5 Å². The lowest BCUT2D eigenvalue weighted by molar-refractivity contribution is -0.129. The van der Waals surface area contributed by atoms with Gasteiger partial charge in [-0.1, -0.05) is 0 Å². The normalized spacial score (nSPS) is 16.7. The third-order valence-corrected chi connectivity index (χ3v) is 5.23. The summed E-state index contributed by atoms with van der Waals surface area (Å²) in [5, 5.41) is 4.67. The molecule has 2 aromatic rings. The van der Waals surface area contributed by atoms with Crippen molar-refractivity contribution in [2.24, 2.45) is 7.05 Å². The van der Waals surface area contributed by atoms with E-state index in [1.54, 1.807) is 11.8 Å². The number of pyridine rings is 1. The molecule has 0 saturated heterocycles. The number of carbonyl (C=O) groups is 1. The van der Waals surface area contributed by atoms with Gasteiger partial charge in [-0.3, -0.25) is 14.5 Å². The summed E-state index contributed by atoms with van der Waals surface area (Å²) >= 11 is 0. The minimum absolute atomic E-state index is 0.0335. The van der Waals surface area contributed by atoms with Crippen LogP contribution in [0.5, 0.6) is 0 Å². The van der Waals surface area contributed by atoms with Crippen LogP contribution in [0.3, 0.4) is 0 Å². The summed E-state index contributed by atoms with van der Waals surface area (Å²) in [5.74, 6) is 0.786. The van der Waals surface area contributed by atoms with Crippen LogP contribution >= 0.6 is 0 Å². The van der Waals surface area contributed by atoms with Gasteiger partial charge in [-0.2, -0.15) is 5.10 Å². The van der Waals surface area contributed by atoms with Gasteiger partial charge >= 0.3 is 0 Å². The zero-order valence-corrected chi connectivity index (χ0v) is 14.9. The fraction of sp³-hybridized carbons (Fsp3) is 0.500. The van der Waals surface area contributed by atoms with Gasteiger partial charge in [-0.15, -0.1) is 0 Å². The SMILES string of the molecule is CC(=O)N1CCc2c(c(N3CCCc4ncc(C(F)F)cc43)nn2C)C1. The Hall–Kier alpha value is -2.51. The molecule has 0 aromatic carbocycles. The molecule has 8 heteroatoms. The number of aromatic nitrogens is 3. The predicted octanol–water partition coefficient (Wildman–Crippen LogP) is 2.74. The van der Waals surface area contributed by atoms with Crippen LogP contribution in [0.15, 0.2) is 12.3 Å². The third kappa shape index (κ3) is 2.73. The number of carbonyl (C=O) groups excluding carboxylic acids is 1. The van der Waals surface area contributed by atoms with Crippen LogP contribution < -0.4 is 4.90 Å². The highest BCUT2D eigenvalue weighted by molar-refractivity contribution is 5.75. The first-order valence-electron chi connectivity index (χ1n) is 8.80. The van der Waals surface area contributed by atoms with Gasteiger partial charge in [0.15, 0.2) is 5.82 Å². The highest BCUT2D eigenvalue weighted by atomic mass is 19.3. The molecule has 0 unspecified atom stereocenters. The molecule has 6 nitrogen and oxygen atoms in total. The smallest absolute Gasteiger partial charge is 0.265 e. The number of hydrogen-bond acceptors (Lipinski definition) is 4. The van der Waals surface area contributed by atoms with E-state index in [0.717, 1.165) is 42.0 Å². The Morgan fingerprint density at radius 3 is 2.81 bits per heavy atom. The topological polar surface area (TPSA) is 54.3 Å². The van der Waals surface area contributed by atoms with E-state index in [0.29, 0.717) is 25.3 Å². The molecule has 26 heavy (non-hydrogen) atoms. The third-order valence-electron chi connectivity index (χ3n) is 5.23. The van der Waals surface area contributed by atoms with Gasteiger partial charge in [-0.25, -0.2) is 8.78 Å². The van der Waals surface area contributed by atoms with Crippen LogP contribution in [0.25, 0.3) is 0 Å².